The van der Waals surface area contributed by atoms with Crippen molar-refractivity contribution in [3.63, 3.8) is 0 Å². The molecule has 18 heavy (non-hydrogen) atoms. The van der Waals surface area contributed by atoms with Crippen LogP contribution in [-0.4, -0.2) is 24.0 Å². The largest absolute Gasteiger partial charge is 0.328 e. The minimum atomic E-state index is 0.265. The summed E-state index contributed by atoms with van der Waals surface area (Å²) in [5.74, 6) is 0.592. The second-order valence-corrected chi connectivity index (χ2v) is 7.50. The maximum atomic E-state index is 6.24. The predicted molar refractivity (Wildman–Crippen MR) is 80.7 cm³/mol. The van der Waals surface area contributed by atoms with Gasteiger partial charge in [0.15, 0.2) is 0 Å². The first kappa shape index (κ1) is 14.6. The van der Waals surface area contributed by atoms with Gasteiger partial charge in [0.2, 0.25) is 0 Å². The van der Waals surface area contributed by atoms with Crippen LogP contribution in [0, 0.1) is 5.92 Å². The molecule has 0 aromatic carbocycles. The van der Waals surface area contributed by atoms with Crippen LogP contribution in [0.1, 0.15) is 38.3 Å². The van der Waals surface area contributed by atoms with E-state index in [0.29, 0.717) is 12.0 Å². The van der Waals surface area contributed by atoms with Crippen LogP contribution in [0.25, 0.3) is 0 Å². The molecule has 0 radical (unpaired) electrons. The zero-order valence-corrected chi connectivity index (χ0v) is 13.2. The van der Waals surface area contributed by atoms with E-state index in [9.17, 15) is 0 Å². The van der Waals surface area contributed by atoms with Gasteiger partial charge >= 0.3 is 0 Å². The molecule has 1 fully saturated rings. The quantitative estimate of drug-likeness (QED) is 0.908. The van der Waals surface area contributed by atoms with Gasteiger partial charge in [-0.3, -0.25) is 4.90 Å². The van der Waals surface area contributed by atoms with Gasteiger partial charge in [-0.25, -0.2) is 0 Å². The molecule has 2 N–H and O–H groups in total. The van der Waals surface area contributed by atoms with Crippen molar-refractivity contribution in [2.24, 2.45) is 11.7 Å². The molecule has 1 aromatic rings. The third-order valence-corrected chi connectivity index (χ3v) is 5.43. The third-order valence-electron chi connectivity index (χ3n) is 3.91. The van der Waals surface area contributed by atoms with Crippen LogP contribution < -0.4 is 5.73 Å². The van der Waals surface area contributed by atoms with Crippen LogP contribution >= 0.6 is 34.5 Å². The van der Waals surface area contributed by atoms with Gasteiger partial charge in [0.25, 0.3) is 0 Å². The summed E-state index contributed by atoms with van der Waals surface area (Å²) in [5, 5.41) is 0. The lowest BCUT2D eigenvalue weighted by molar-refractivity contribution is 0.122. The van der Waals surface area contributed by atoms with Crippen molar-refractivity contribution in [1.29, 1.82) is 0 Å². The van der Waals surface area contributed by atoms with E-state index in [-0.39, 0.29) is 6.04 Å². The van der Waals surface area contributed by atoms with Gasteiger partial charge in [-0.05, 0) is 45.2 Å². The van der Waals surface area contributed by atoms with Gasteiger partial charge in [-0.2, -0.15) is 0 Å². The Hall–Kier alpha value is 0.200. The van der Waals surface area contributed by atoms with Crippen molar-refractivity contribution in [3.8, 4) is 0 Å². The maximum absolute atomic E-state index is 6.24. The fourth-order valence-corrected chi connectivity index (χ4v) is 4.29. The summed E-state index contributed by atoms with van der Waals surface area (Å²) in [4.78, 5) is 2.47. The fourth-order valence-electron chi connectivity index (χ4n) is 2.66. The van der Waals surface area contributed by atoms with Crippen LogP contribution in [0.3, 0.4) is 0 Å². The van der Waals surface area contributed by atoms with E-state index >= 15 is 0 Å². The van der Waals surface area contributed by atoms with E-state index in [1.165, 1.54) is 24.2 Å². The maximum Gasteiger partial charge on any atom is 0.0991 e. The first-order valence-corrected chi connectivity index (χ1v) is 8.00. The second kappa shape index (κ2) is 6.10. The Bertz CT molecular complexity index is 406. The second-order valence-electron chi connectivity index (χ2n) is 5.21. The van der Waals surface area contributed by atoms with Crippen molar-refractivity contribution in [2.45, 2.75) is 38.8 Å². The molecule has 2 nitrogen and oxygen atoms in total. The topological polar surface area (TPSA) is 29.3 Å². The van der Waals surface area contributed by atoms with Crippen molar-refractivity contribution in [2.75, 3.05) is 13.1 Å². The molecule has 3 unspecified atom stereocenters. The molecule has 0 aliphatic carbocycles. The van der Waals surface area contributed by atoms with Crippen LogP contribution in [0.4, 0.5) is 0 Å². The van der Waals surface area contributed by atoms with Gasteiger partial charge in [-0.1, -0.05) is 23.2 Å². The van der Waals surface area contributed by atoms with Gasteiger partial charge in [0, 0.05) is 24.2 Å². The van der Waals surface area contributed by atoms with Gasteiger partial charge in [0.1, 0.15) is 0 Å². The first-order valence-electron chi connectivity index (χ1n) is 6.43. The number of thiophene rings is 1. The number of rotatable bonds is 3. The number of nitrogens with two attached hydrogens (primary N) is 1. The highest BCUT2D eigenvalue weighted by atomic mass is 35.5. The summed E-state index contributed by atoms with van der Waals surface area (Å²) in [7, 11) is 0. The van der Waals surface area contributed by atoms with Crippen molar-refractivity contribution in [3.05, 3.63) is 20.3 Å². The lowest BCUT2D eigenvalue weighted by Crippen LogP contribution is -2.43. The number of hydrogen-bond donors (Lipinski definition) is 1. The number of nitrogens with zero attached hydrogens (tertiary/aromatic N) is 1. The smallest absolute Gasteiger partial charge is 0.0991 e. The molecule has 0 amide bonds. The molecule has 1 aliphatic heterocycles. The monoisotopic (exact) mass is 306 g/mol. The minimum Gasteiger partial charge on any atom is -0.328 e. The number of piperidine rings is 1. The predicted octanol–water partition coefficient (Wildman–Crippen LogP) is 4.18. The van der Waals surface area contributed by atoms with E-state index in [2.05, 4.69) is 18.7 Å². The Balaban J connectivity index is 2.09. The van der Waals surface area contributed by atoms with Crippen LogP contribution in [0.2, 0.25) is 8.67 Å². The highest BCUT2D eigenvalue weighted by Gasteiger charge is 2.27. The Morgan fingerprint density at radius 2 is 2.17 bits per heavy atom. The molecule has 2 heterocycles. The van der Waals surface area contributed by atoms with Crippen molar-refractivity contribution in [1.82, 2.24) is 4.90 Å². The molecule has 0 bridgehead atoms. The molecule has 0 saturated carbocycles. The molecule has 102 valence electrons. The van der Waals surface area contributed by atoms with Crippen LogP contribution in [0.15, 0.2) is 6.07 Å². The Morgan fingerprint density at radius 1 is 1.44 bits per heavy atom. The number of hydrogen-bond acceptors (Lipinski definition) is 3. The summed E-state index contributed by atoms with van der Waals surface area (Å²) in [6.07, 6.45) is 2.45. The minimum absolute atomic E-state index is 0.265. The lowest BCUT2D eigenvalue weighted by atomic mass is 9.91. The lowest BCUT2D eigenvalue weighted by Gasteiger charge is -2.38. The van der Waals surface area contributed by atoms with Crippen LogP contribution in [-0.2, 0) is 0 Å². The zero-order valence-electron chi connectivity index (χ0n) is 10.8. The van der Waals surface area contributed by atoms with E-state index in [1.54, 1.807) is 0 Å². The summed E-state index contributed by atoms with van der Waals surface area (Å²) in [5.41, 5.74) is 7.18. The van der Waals surface area contributed by atoms with Gasteiger partial charge in [-0.15, -0.1) is 11.3 Å². The standard InChI is InChI=1S/C13H20Cl2N2S/c1-8(16)10-4-3-5-17(7-10)9(2)11-6-12(14)18-13(11)15/h6,8-10H,3-5,7,16H2,1-2H3. The van der Waals surface area contributed by atoms with E-state index in [0.717, 1.165) is 27.3 Å². The molecular weight excluding hydrogens is 287 g/mol. The fraction of sp³-hybridized carbons (Fsp3) is 0.692. The Labute approximate surface area is 123 Å². The molecule has 5 heteroatoms. The van der Waals surface area contributed by atoms with E-state index in [4.69, 9.17) is 28.9 Å². The first-order chi connectivity index (χ1) is 8.49. The molecule has 1 aromatic heterocycles. The normalized spacial score (nSPS) is 25.1. The number of likely N-dealkylation sites (tertiary alicyclic amines) is 1. The molecule has 0 spiro atoms. The highest BCUT2D eigenvalue weighted by Crippen LogP contribution is 2.38. The molecule has 3 atom stereocenters. The van der Waals surface area contributed by atoms with Crippen molar-refractivity contribution < 1.29 is 0 Å². The van der Waals surface area contributed by atoms with Gasteiger partial charge in [0.05, 0.1) is 8.67 Å². The highest BCUT2D eigenvalue weighted by molar-refractivity contribution is 7.20. The average Bonchev–Trinajstić information content (AvgIpc) is 2.67. The van der Waals surface area contributed by atoms with E-state index < -0.39 is 0 Å². The summed E-state index contributed by atoms with van der Waals surface area (Å²) < 4.78 is 1.58. The molecule has 2 rings (SSSR count). The Kier molecular flexibility index (Phi) is 4.95. The third kappa shape index (κ3) is 3.20. The van der Waals surface area contributed by atoms with Crippen LogP contribution in [0.5, 0.6) is 0 Å². The number of halogens is 2. The summed E-state index contributed by atoms with van der Waals surface area (Å²) in [6.45, 7) is 6.48. The summed E-state index contributed by atoms with van der Waals surface area (Å²) >= 11 is 13.7. The van der Waals surface area contributed by atoms with Crippen molar-refractivity contribution >= 4 is 34.5 Å². The molecular formula is C13H20Cl2N2S. The van der Waals surface area contributed by atoms with E-state index in [1.807, 2.05) is 6.07 Å². The Morgan fingerprint density at radius 3 is 2.72 bits per heavy atom. The molecule has 1 aliphatic rings. The molecule has 1 saturated heterocycles. The summed E-state index contributed by atoms with van der Waals surface area (Å²) in [6, 6.07) is 2.58. The van der Waals surface area contributed by atoms with Gasteiger partial charge < -0.3 is 5.73 Å². The zero-order chi connectivity index (χ0) is 13.3. The average molecular weight is 307 g/mol. The SMILES string of the molecule is CC(N)C1CCCN(C(C)c2cc(Cl)sc2Cl)C1.